The lowest BCUT2D eigenvalue weighted by molar-refractivity contribution is -0.140. The molecule has 8 nitrogen and oxygen atoms in total. The minimum absolute atomic E-state index is 0. The van der Waals surface area contributed by atoms with Crippen LogP contribution in [0.1, 0.15) is 32.1 Å². The second-order valence-electron chi connectivity index (χ2n) is 7.95. The number of rotatable bonds is 5. The molecule has 2 heterocycles. The Labute approximate surface area is 185 Å². The maximum atomic E-state index is 12.3. The van der Waals surface area contributed by atoms with Crippen molar-refractivity contribution in [2.75, 3.05) is 59.9 Å². The van der Waals surface area contributed by atoms with Crippen LogP contribution in [-0.4, -0.2) is 98.4 Å². The van der Waals surface area contributed by atoms with E-state index in [-0.39, 0.29) is 35.9 Å². The molecule has 3 rings (SSSR count). The highest BCUT2D eigenvalue weighted by atomic mass is 127. The van der Waals surface area contributed by atoms with E-state index in [9.17, 15) is 9.59 Å². The molecular weight excluding hydrogens is 471 g/mol. The van der Waals surface area contributed by atoms with E-state index in [1.165, 1.54) is 6.42 Å². The normalized spacial score (nSPS) is 24.4. The number of carbonyl (C=O) groups is 2. The van der Waals surface area contributed by atoms with Crippen LogP contribution in [-0.2, 0) is 9.59 Å². The van der Waals surface area contributed by atoms with E-state index in [1.807, 2.05) is 7.05 Å². The lowest BCUT2D eigenvalue weighted by Gasteiger charge is -2.38. The van der Waals surface area contributed by atoms with E-state index in [0.29, 0.717) is 18.2 Å². The fraction of sp³-hybridized carbons (Fsp3) is 0.842. The van der Waals surface area contributed by atoms with Crippen molar-refractivity contribution in [3.05, 3.63) is 0 Å². The van der Waals surface area contributed by atoms with Crippen molar-refractivity contribution in [1.82, 2.24) is 25.3 Å². The minimum atomic E-state index is 0. The van der Waals surface area contributed by atoms with Gasteiger partial charge in [-0.05, 0) is 19.3 Å². The number of hydrogen-bond donors (Lipinski definition) is 2. The summed E-state index contributed by atoms with van der Waals surface area (Å²) in [6.07, 6.45) is 4.82. The number of likely N-dealkylation sites (tertiary alicyclic amines) is 1. The van der Waals surface area contributed by atoms with Crippen LogP contribution in [0.2, 0.25) is 0 Å². The number of guanidine groups is 1. The molecule has 9 heteroatoms. The summed E-state index contributed by atoms with van der Waals surface area (Å²) in [5, 5.41) is 6.79. The number of piperidine rings is 1. The molecule has 2 aliphatic heterocycles. The van der Waals surface area contributed by atoms with E-state index in [1.54, 1.807) is 11.9 Å². The number of nitrogens with one attached hydrogen (secondary N) is 2. The molecule has 0 spiro atoms. The van der Waals surface area contributed by atoms with Crippen LogP contribution >= 0.6 is 24.0 Å². The highest BCUT2D eigenvalue weighted by molar-refractivity contribution is 14.0. The van der Waals surface area contributed by atoms with Crippen molar-refractivity contribution in [3.8, 4) is 0 Å². The summed E-state index contributed by atoms with van der Waals surface area (Å²) in [6, 6.07) is 0.250. The first kappa shape index (κ1) is 23.2. The molecule has 2 saturated heterocycles. The average Bonchev–Trinajstić information content (AvgIpc) is 2.63. The smallest absolute Gasteiger partial charge is 0.225 e. The number of halogens is 1. The molecule has 0 aromatic carbocycles. The Morgan fingerprint density at radius 1 is 1.18 bits per heavy atom. The van der Waals surface area contributed by atoms with E-state index < -0.39 is 0 Å². The van der Waals surface area contributed by atoms with Crippen molar-refractivity contribution < 1.29 is 9.59 Å². The third-order valence-corrected chi connectivity index (χ3v) is 6.05. The Bertz CT molecular complexity index is 561. The van der Waals surface area contributed by atoms with Gasteiger partial charge in [0.15, 0.2) is 5.96 Å². The van der Waals surface area contributed by atoms with Gasteiger partial charge in [-0.3, -0.25) is 19.5 Å². The molecule has 1 aliphatic carbocycles. The van der Waals surface area contributed by atoms with E-state index in [4.69, 9.17) is 0 Å². The fourth-order valence-electron chi connectivity index (χ4n) is 3.96. The second kappa shape index (κ2) is 11.2. The summed E-state index contributed by atoms with van der Waals surface area (Å²) in [6.45, 7) is 6.07. The Morgan fingerprint density at radius 3 is 2.46 bits per heavy atom. The van der Waals surface area contributed by atoms with Gasteiger partial charge < -0.3 is 20.4 Å². The highest BCUT2D eigenvalue weighted by Gasteiger charge is 2.31. The van der Waals surface area contributed by atoms with Crippen LogP contribution in [0.3, 0.4) is 0 Å². The van der Waals surface area contributed by atoms with Crippen molar-refractivity contribution >= 4 is 41.8 Å². The predicted molar refractivity (Wildman–Crippen MR) is 121 cm³/mol. The Balaban J connectivity index is 0.00000280. The molecule has 1 unspecified atom stereocenters. The number of carbonyl (C=O) groups excluding carboxylic acids is 2. The molecule has 1 atom stereocenters. The zero-order valence-corrected chi connectivity index (χ0v) is 19.5. The number of likely N-dealkylation sites (N-methyl/N-ethyl adjacent to an activating group) is 1. The van der Waals surface area contributed by atoms with E-state index in [0.717, 1.165) is 71.0 Å². The average molecular weight is 506 g/mol. The molecule has 0 bridgehead atoms. The molecule has 1 saturated carbocycles. The molecule has 160 valence electrons. The Hall–Kier alpha value is -1.10. The molecule has 0 aromatic rings. The fourth-order valence-corrected chi connectivity index (χ4v) is 3.96. The number of piperazine rings is 1. The second-order valence-corrected chi connectivity index (χ2v) is 7.95. The molecule has 0 aromatic heterocycles. The van der Waals surface area contributed by atoms with Gasteiger partial charge >= 0.3 is 0 Å². The topological polar surface area (TPSA) is 80.3 Å². The van der Waals surface area contributed by atoms with Gasteiger partial charge in [0.25, 0.3) is 0 Å². The van der Waals surface area contributed by atoms with Crippen molar-refractivity contribution in [2.24, 2.45) is 10.9 Å². The van der Waals surface area contributed by atoms with Crippen molar-refractivity contribution in [3.63, 3.8) is 0 Å². The van der Waals surface area contributed by atoms with Crippen LogP contribution in [0.25, 0.3) is 0 Å². The zero-order valence-electron chi connectivity index (χ0n) is 17.2. The van der Waals surface area contributed by atoms with Crippen LogP contribution in [0.15, 0.2) is 4.99 Å². The number of nitrogens with zero attached hydrogens (tertiary/aromatic N) is 4. The molecule has 0 radical (unpaired) electrons. The standard InChI is InChI=1S/C19H34N6O2.HI/c1-20-19(22-16-6-7-17(26)23(2)14-16)21-8-9-24-10-12-25(13-11-24)18(27)15-4-3-5-15;/h15-16H,3-14H2,1-2H3,(H2,20,21,22);1H. The van der Waals surface area contributed by atoms with Crippen LogP contribution in [0.4, 0.5) is 0 Å². The van der Waals surface area contributed by atoms with Gasteiger partial charge in [0.1, 0.15) is 0 Å². The van der Waals surface area contributed by atoms with Gasteiger partial charge in [-0.25, -0.2) is 0 Å². The summed E-state index contributed by atoms with van der Waals surface area (Å²) in [4.78, 5) is 34.4. The largest absolute Gasteiger partial charge is 0.355 e. The summed E-state index contributed by atoms with van der Waals surface area (Å²) in [5.41, 5.74) is 0. The van der Waals surface area contributed by atoms with Gasteiger partial charge in [0.05, 0.1) is 0 Å². The molecule has 2 N–H and O–H groups in total. The van der Waals surface area contributed by atoms with Gasteiger partial charge in [0.2, 0.25) is 11.8 Å². The first-order valence-electron chi connectivity index (χ1n) is 10.3. The monoisotopic (exact) mass is 506 g/mol. The zero-order chi connectivity index (χ0) is 19.2. The number of amides is 2. The predicted octanol–water partition coefficient (Wildman–Crippen LogP) is 0.335. The first-order valence-corrected chi connectivity index (χ1v) is 10.3. The van der Waals surface area contributed by atoms with Gasteiger partial charge in [-0.15, -0.1) is 24.0 Å². The van der Waals surface area contributed by atoms with Gasteiger partial charge in [-0.1, -0.05) is 6.42 Å². The highest BCUT2D eigenvalue weighted by Crippen LogP contribution is 2.28. The third-order valence-electron chi connectivity index (χ3n) is 6.05. The first-order chi connectivity index (χ1) is 13.1. The molecule has 3 fully saturated rings. The molecular formula is C19H35IN6O2. The summed E-state index contributed by atoms with van der Waals surface area (Å²) in [7, 11) is 3.62. The summed E-state index contributed by atoms with van der Waals surface area (Å²) < 4.78 is 0. The molecule has 3 aliphatic rings. The Morgan fingerprint density at radius 2 is 1.89 bits per heavy atom. The van der Waals surface area contributed by atoms with E-state index in [2.05, 4.69) is 25.4 Å². The summed E-state index contributed by atoms with van der Waals surface area (Å²) in [5.74, 6) is 1.69. The summed E-state index contributed by atoms with van der Waals surface area (Å²) >= 11 is 0. The maximum absolute atomic E-state index is 12.3. The lowest BCUT2D eigenvalue weighted by Crippen LogP contribution is -2.54. The SMILES string of the molecule is CN=C(NCCN1CCN(C(=O)C2CCC2)CC1)NC1CCC(=O)N(C)C1.I. The Kier molecular flexibility index (Phi) is 9.26. The van der Waals surface area contributed by atoms with Crippen molar-refractivity contribution in [2.45, 2.75) is 38.1 Å². The van der Waals surface area contributed by atoms with Gasteiger partial charge in [-0.2, -0.15) is 0 Å². The third kappa shape index (κ3) is 6.20. The maximum Gasteiger partial charge on any atom is 0.225 e. The number of hydrogen-bond acceptors (Lipinski definition) is 4. The lowest BCUT2D eigenvalue weighted by atomic mass is 9.84. The van der Waals surface area contributed by atoms with Crippen LogP contribution in [0.5, 0.6) is 0 Å². The quantitative estimate of drug-likeness (QED) is 0.320. The van der Waals surface area contributed by atoms with Crippen LogP contribution < -0.4 is 10.6 Å². The molecule has 28 heavy (non-hydrogen) atoms. The van der Waals surface area contributed by atoms with E-state index >= 15 is 0 Å². The van der Waals surface area contributed by atoms with Crippen molar-refractivity contribution in [1.29, 1.82) is 0 Å². The minimum Gasteiger partial charge on any atom is -0.355 e. The number of aliphatic imine (C=N–C) groups is 1. The van der Waals surface area contributed by atoms with Gasteiger partial charge in [0, 0.05) is 78.3 Å². The molecule has 2 amide bonds. The van der Waals surface area contributed by atoms with Crippen LogP contribution in [0, 0.1) is 5.92 Å².